The van der Waals surface area contributed by atoms with Gasteiger partial charge in [-0.3, -0.25) is 0 Å². The molecule has 0 fully saturated rings. The van der Waals surface area contributed by atoms with E-state index in [9.17, 15) is 0 Å². The number of amidine groups is 1. The summed E-state index contributed by atoms with van der Waals surface area (Å²) in [5.74, 6) is 4.81. The Kier molecular flexibility index (Phi) is 4.20. The SMILES string of the molecule is N/N=C(/NS)C(O)CO. The largest absolute Gasteiger partial charge is 0.393 e. The van der Waals surface area contributed by atoms with Crippen LogP contribution in [0.3, 0.4) is 0 Å². The van der Waals surface area contributed by atoms with E-state index >= 15 is 0 Å². The predicted octanol–water partition coefficient (Wildman–Crippen LogP) is -1.95. The molecule has 1 unspecified atom stereocenters. The second kappa shape index (κ2) is 4.42. The molecule has 0 aliphatic rings. The molecule has 0 rings (SSSR count). The van der Waals surface area contributed by atoms with E-state index in [2.05, 4.69) is 22.6 Å². The van der Waals surface area contributed by atoms with Crippen LogP contribution in [-0.2, 0) is 0 Å². The first kappa shape index (κ1) is 8.54. The normalized spacial score (nSPS) is 15.2. The Labute approximate surface area is 58.1 Å². The zero-order valence-electron chi connectivity index (χ0n) is 4.65. The highest BCUT2D eigenvalue weighted by Crippen LogP contribution is 1.82. The summed E-state index contributed by atoms with van der Waals surface area (Å²) < 4.78 is 2.21. The van der Waals surface area contributed by atoms with Crippen LogP contribution in [0.15, 0.2) is 5.10 Å². The molecule has 9 heavy (non-hydrogen) atoms. The highest BCUT2D eigenvalue weighted by Gasteiger charge is 2.08. The first-order valence-corrected chi connectivity index (χ1v) is 2.67. The Morgan fingerprint density at radius 3 is 2.56 bits per heavy atom. The second-order valence-corrected chi connectivity index (χ2v) is 1.55. The maximum Gasteiger partial charge on any atom is 0.162 e. The van der Waals surface area contributed by atoms with E-state index in [4.69, 9.17) is 16.1 Å². The summed E-state index contributed by atoms with van der Waals surface area (Å²) in [7, 11) is 0. The van der Waals surface area contributed by atoms with Crippen LogP contribution in [0.25, 0.3) is 0 Å². The van der Waals surface area contributed by atoms with E-state index < -0.39 is 12.7 Å². The van der Waals surface area contributed by atoms with Gasteiger partial charge in [0.25, 0.3) is 0 Å². The fourth-order valence-electron chi connectivity index (χ4n) is 0.276. The lowest BCUT2D eigenvalue weighted by Crippen LogP contribution is -2.33. The summed E-state index contributed by atoms with van der Waals surface area (Å²) in [6.07, 6.45) is -1.08. The van der Waals surface area contributed by atoms with Crippen LogP contribution in [0.5, 0.6) is 0 Å². The maximum atomic E-state index is 8.75. The van der Waals surface area contributed by atoms with E-state index in [1.165, 1.54) is 0 Å². The van der Waals surface area contributed by atoms with Gasteiger partial charge in [0.2, 0.25) is 0 Å². The molecule has 1 atom stereocenters. The molecule has 0 bridgehead atoms. The number of hydrogen-bond donors (Lipinski definition) is 5. The minimum atomic E-state index is -1.08. The number of hydrazone groups is 1. The quantitative estimate of drug-likeness (QED) is 0.104. The standard InChI is InChI=1S/C3H9N3O2S/c4-5-3(6-9)2(8)1-7/h2,7-9H,1,4H2,(H,5,6). The number of nitrogens with one attached hydrogen (secondary N) is 1. The molecule has 0 aliphatic carbocycles. The molecule has 0 aromatic heterocycles. The van der Waals surface area contributed by atoms with E-state index in [-0.39, 0.29) is 5.84 Å². The lowest BCUT2D eigenvalue weighted by Gasteiger charge is -2.06. The van der Waals surface area contributed by atoms with Crippen LogP contribution < -0.4 is 10.6 Å². The molecule has 0 spiro atoms. The van der Waals surface area contributed by atoms with Gasteiger partial charge in [0, 0.05) is 0 Å². The van der Waals surface area contributed by atoms with Gasteiger partial charge in [0.1, 0.15) is 6.10 Å². The summed E-state index contributed by atoms with van der Waals surface area (Å²) in [5.41, 5.74) is 0. The van der Waals surface area contributed by atoms with Crippen LogP contribution in [0.2, 0.25) is 0 Å². The smallest absolute Gasteiger partial charge is 0.162 e. The molecule has 5 N–H and O–H groups in total. The molecular formula is C3H9N3O2S. The van der Waals surface area contributed by atoms with Gasteiger partial charge in [-0.25, -0.2) is 0 Å². The number of aliphatic hydroxyl groups is 2. The zero-order valence-corrected chi connectivity index (χ0v) is 5.55. The number of hydrogen-bond acceptors (Lipinski definition) is 5. The molecule has 5 nitrogen and oxygen atoms in total. The van der Waals surface area contributed by atoms with Crippen molar-refractivity contribution in [2.45, 2.75) is 6.10 Å². The third kappa shape index (κ3) is 2.54. The summed E-state index contributed by atoms with van der Waals surface area (Å²) in [6.45, 7) is -0.427. The lowest BCUT2D eigenvalue weighted by molar-refractivity contribution is 0.143. The van der Waals surface area contributed by atoms with Gasteiger partial charge in [-0.05, 0) is 0 Å². The van der Waals surface area contributed by atoms with E-state index in [0.717, 1.165) is 0 Å². The fraction of sp³-hybridized carbons (Fsp3) is 0.667. The van der Waals surface area contributed by atoms with Crippen molar-refractivity contribution in [1.82, 2.24) is 4.72 Å². The summed E-state index contributed by atoms with van der Waals surface area (Å²) in [5, 5.41) is 20.1. The van der Waals surface area contributed by atoms with Crippen molar-refractivity contribution < 1.29 is 10.2 Å². The van der Waals surface area contributed by atoms with Gasteiger partial charge < -0.3 is 20.8 Å². The molecule has 6 heteroatoms. The van der Waals surface area contributed by atoms with E-state index in [1.807, 2.05) is 0 Å². The van der Waals surface area contributed by atoms with Crippen LogP contribution in [0.1, 0.15) is 0 Å². The van der Waals surface area contributed by atoms with Crippen molar-refractivity contribution in [2.24, 2.45) is 10.9 Å². The molecule has 0 heterocycles. The van der Waals surface area contributed by atoms with Crippen LogP contribution >= 0.6 is 12.8 Å². The fourth-order valence-corrected chi connectivity index (χ4v) is 0.483. The molecule has 0 amide bonds. The highest BCUT2D eigenvalue weighted by atomic mass is 32.1. The van der Waals surface area contributed by atoms with Crippen molar-refractivity contribution in [3.05, 3.63) is 0 Å². The number of nitrogens with zero attached hydrogens (tertiary/aromatic N) is 1. The summed E-state index contributed by atoms with van der Waals surface area (Å²) >= 11 is 3.56. The Morgan fingerprint density at radius 1 is 1.89 bits per heavy atom. The summed E-state index contributed by atoms with van der Waals surface area (Å²) in [6, 6.07) is 0. The molecule has 0 saturated carbocycles. The molecular weight excluding hydrogens is 142 g/mol. The van der Waals surface area contributed by atoms with Crippen LogP contribution in [0, 0.1) is 0 Å². The molecule has 0 aromatic rings. The average molecular weight is 151 g/mol. The van der Waals surface area contributed by atoms with Crippen molar-refractivity contribution in [1.29, 1.82) is 0 Å². The first-order valence-electron chi connectivity index (χ1n) is 2.23. The lowest BCUT2D eigenvalue weighted by atomic mass is 10.4. The van der Waals surface area contributed by atoms with Crippen molar-refractivity contribution in [3.8, 4) is 0 Å². The average Bonchev–Trinajstić information content (AvgIpc) is 1.90. The Bertz CT molecular complexity index is 107. The summed E-state index contributed by atoms with van der Waals surface area (Å²) in [4.78, 5) is 0. The Morgan fingerprint density at radius 2 is 2.44 bits per heavy atom. The molecule has 0 saturated heterocycles. The van der Waals surface area contributed by atoms with Crippen molar-refractivity contribution in [3.63, 3.8) is 0 Å². The van der Waals surface area contributed by atoms with Gasteiger partial charge >= 0.3 is 0 Å². The molecule has 0 radical (unpaired) electrons. The Hall–Kier alpha value is -0.460. The third-order valence-electron chi connectivity index (χ3n) is 0.742. The van der Waals surface area contributed by atoms with Crippen molar-refractivity contribution >= 4 is 18.7 Å². The number of rotatable bonds is 2. The van der Waals surface area contributed by atoms with E-state index in [1.54, 1.807) is 0 Å². The monoisotopic (exact) mass is 151 g/mol. The molecule has 0 aromatic carbocycles. The van der Waals surface area contributed by atoms with Crippen molar-refractivity contribution in [2.75, 3.05) is 6.61 Å². The second-order valence-electron chi connectivity index (χ2n) is 1.32. The van der Waals surface area contributed by atoms with E-state index in [0.29, 0.717) is 0 Å². The van der Waals surface area contributed by atoms with Gasteiger partial charge in [0.05, 0.1) is 6.61 Å². The van der Waals surface area contributed by atoms with Gasteiger partial charge in [-0.15, -0.1) is 0 Å². The third-order valence-corrected chi connectivity index (χ3v) is 0.971. The number of nitrogens with two attached hydrogens (primary N) is 1. The topological polar surface area (TPSA) is 90.9 Å². The number of aliphatic hydroxyl groups excluding tert-OH is 2. The zero-order chi connectivity index (χ0) is 7.28. The minimum Gasteiger partial charge on any atom is -0.393 e. The Balaban J connectivity index is 3.80. The van der Waals surface area contributed by atoms with Gasteiger partial charge in [-0.1, -0.05) is 12.8 Å². The van der Waals surface area contributed by atoms with Gasteiger partial charge in [0.15, 0.2) is 5.84 Å². The predicted molar refractivity (Wildman–Crippen MR) is 36.8 cm³/mol. The van der Waals surface area contributed by atoms with Crippen LogP contribution in [0.4, 0.5) is 0 Å². The first-order chi connectivity index (χ1) is 4.26. The van der Waals surface area contributed by atoms with Crippen LogP contribution in [-0.4, -0.2) is 28.8 Å². The maximum absolute atomic E-state index is 8.75. The van der Waals surface area contributed by atoms with Gasteiger partial charge in [-0.2, -0.15) is 5.10 Å². The highest BCUT2D eigenvalue weighted by molar-refractivity contribution is 7.78. The minimum absolute atomic E-state index is 0.0424. The molecule has 54 valence electrons. The molecule has 0 aliphatic heterocycles. The number of thiol groups is 1.